The Morgan fingerprint density at radius 1 is 1.35 bits per heavy atom. The number of H-pyrrole nitrogens is 1. The monoisotopic (exact) mass is 315 g/mol. The lowest BCUT2D eigenvalue weighted by atomic mass is 9.96. The molecule has 0 atom stereocenters. The van der Waals surface area contributed by atoms with Crippen LogP contribution in [0.5, 0.6) is 0 Å². The van der Waals surface area contributed by atoms with E-state index in [9.17, 15) is 9.59 Å². The number of rotatable bonds is 4. The Hall–Kier alpha value is -2.44. The number of imidazole rings is 1. The van der Waals surface area contributed by atoms with Crippen LogP contribution < -0.4 is 5.56 Å². The molecule has 7 heteroatoms. The summed E-state index contributed by atoms with van der Waals surface area (Å²) in [7, 11) is 0. The molecule has 1 N–H and O–H groups in total. The first-order valence-corrected chi connectivity index (χ1v) is 8.02. The zero-order chi connectivity index (χ0) is 16.2. The molecule has 0 spiro atoms. The maximum Gasteiger partial charge on any atom is 0.274 e. The van der Waals surface area contributed by atoms with Gasteiger partial charge in [0.1, 0.15) is 11.5 Å². The van der Waals surface area contributed by atoms with Gasteiger partial charge in [-0.05, 0) is 24.8 Å². The highest BCUT2D eigenvalue weighted by Gasteiger charge is 2.25. The number of likely N-dealkylation sites (tertiary alicyclic amines) is 1. The fourth-order valence-electron chi connectivity index (χ4n) is 3.04. The van der Waals surface area contributed by atoms with Gasteiger partial charge in [0, 0.05) is 44.5 Å². The minimum atomic E-state index is -0.299. The standard InChI is InChI=1S/C16H21N5O2/c1-2-14-17-7-10-21(14)11-12-5-8-20(9-6-12)16(23)13-3-4-15(22)19-18-13/h3-4,7,10,12H,2,5-6,8-9,11H2,1H3,(H,19,22). The van der Waals surface area contributed by atoms with Gasteiger partial charge in [0.15, 0.2) is 0 Å². The van der Waals surface area contributed by atoms with Crippen molar-refractivity contribution in [1.82, 2.24) is 24.6 Å². The van der Waals surface area contributed by atoms with Crippen molar-refractivity contribution in [3.8, 4) is 0 Å². The summed E-state index contributed by atoms with van der Waals surface area (Å²) in [5.41, 5.74) is -0.00162. The Kier molecular flexibility index (Phi) is 4.55. The average Bonchev–Trinajstić information content (AvgIpc) is 3.03. The number of hydrogen-bond acceptors (Lipinski definition) is 4. The lowest BCUT2D eigenvalue weighted by Gasteiger charge is -2.32. The normalized spacial score (nSPS) is 15.8. The van der Waals surface area contributed by atoms with E-state index in [0.717, 1.165) is 44.7 Å². The van der Waals surface area contributed by atoms with E-state index >= 15 is 0 Å². The van der Waals surface area contributed by atoms with Gasteiger partial charge < -0.3 is 9.47 Å². The Bertz CT molecular complexity index is 708. The van der Waals surface area contributed by atoms with Crippen LogP contribution in [0.2, 0.25) is 0 Å². The van der Waals surface area contributed by atoms with Gasteiger partial charge in [-0.25, -0.2) is 10.1 Å². The quantitative estimate of drug-likeness (QED) is 0.915. The zero-order valence-corrected chi connectivity index (χ0v) is 13.2. The lowest BCUT2D eigenvalue weighted by Crippen LogP contribution is -2.40. The second-order valence-corrected chi connectivity index (χ2v) is 5.89. The van der Waals surface area contributed by atoms with Crippen LogP contribution in [-0.2, 0) is 13.0 Å². The van der Waals surface area contributed by atoms with Gasteiger partial charge in [0.25, 0.3) is 11.5 Å². The van der Waals surface area contributed by atoms with Crippen molar-refractivity contribution in [2.24, 2.45) is 5.92 Å². The van der Waals surface area contributed by atoms with E-state index in [4.69, 9.17) is 0 Å². The molecule has 2 aromatic heterocycles. The largest absolute Gasteiger partial charge is 0.337 e. The molecule has 1 aliphatic rings. The first kappa shape index (κ1) is 15.5. The van der Waals surface area contributed by atoms with Gasteiger partial charge in [-0.2, -0.15) is 5.10 Å². The summed E-state index contributed by atoms with van der Waals surface area (Å²) in [6, 6.07) is 2.81. The number of nitrogens with zero attached hydrogens (tertiary/aromatic N) is 4. The number of aryl methyl sites for hydroxylation is 1. The third-order valence-electron chi connectivity index (χ3n) is 4.37. The summed E-state index contributed by atoms with van der Waals surface area (Å²) in [5.74, 6) is 1.56. The van der Waals surface area contributed by atoms with Gasteiger partial charge in [-0.15, -0.1) is 0 Å². The molecule has 7 nitrogen and oxygen atoms in total. The van der Waals surface area contributed by atoms with Crippen LogP contribution in [0.15, 0.2) is 29.3 Å². The summed E-state index contributed by atoms with van der Waals surface area (Å²) >= 11 is 0. The van der Waals surface area contributed by atoms with Crippen molar-refractivity contribution < 1.29 is 4.79 Å². The number of aromatic amines is 1. The highest BCUT2D eigenvalue weighted by Crippen LogP contribution is 2.21. The fraction of sp³-hybridized carbons (Fsp3) is 0.500. The maximum absolute atomic E-state index is 12.4. The third-order valence-corrected chi connectivity index (χ3v) is 4.37. The van der Waals surface area contributed by atoms with Crippen molar-refractivity contribution in [3.05, 3.63) is 46.4 Å². The zero-order valence-electron chi connectivity index (χ0n) is 13.2. The molecule has 23 heavy (non-hydrogen) atoms. The fourth-order valence-corrected chi connectivity index (χ4v) is 3.04. The molecule has 3 rings (SSSR count). The predicted octanol–water partition coefficient (Wildman–Crippen LogP) is 1.08. The van der Waals surface area contributed by atoms with Crippen LogP contribution >= 0.6 is 0 Å². The van der Waals surface area contributed by atoms with Gasteiger partial charge in [0.05, 0.1) is 0 Å². The molecule has 0 aromatic carbocycles. The van der Waals surface area contributed by atoms with Crippen LogP contribution in [-0.4, -0.2) is 43.6 Å². The van der Waals surface area contributed by atoms with Crippen molar-refractivity contribution in [2.45, 2.75) is 32.7 Å². The molecule has 1 aliphatic heterocycles. The van der Waals surface area contributed by atoms with E-state index in [1.165, 1.54) is 12.1 Å². The Morgan fingerprint density at radius 3 is 2.78 bits per heavy atom. The second-order valence-electron chi connectivity index (χ2n) is 5.89. The summed E-state index contributed by atoms with van der Waals surface area (Å²) in [4.78, 5) is 29.5. The van der Waals surface area contributed by atoms with Crippen molar-refractivity contribution in [3.63, 3.8) is 0 Å². The number of piperidine rings is 1. The topological polar surface area (TPSA) is 83.9 Å². The van der Waals surface area contributed by atoms with Gasteiger partial charge in [0.2, 0.25) is 0 Å². The molecule has 1 saturated heterocycles. The van der Waals surface area contributed by atoms with Crippen molar-refractivity contribution in [2.75, 3.05) is 13.1 Å². The smallest absolute Gasteiger partial charge is 0.274 e. The average molecular weight is 315 g/mol. The van der Waals surface area contributed by atoms with Crippen molar-refractivity contribution in [1.29, 1.82) is 0 Å². The molecule has 0 saturated carbocycles. The number of aromatic nitrogens is 4. The van der Waals surface area contributed by atoms with Gasteiger partial charge >= 0.3 is 0 Å². The Balaban J connectivity index is 1.57. The molecule has 1 amide bonds. The summed E-state index contributed by atoms with van der Waals surface area (Å²) < 4.78 is 2.21. The second kappa shape index (κ2) is 6.76. The van der Waals surface area contributed by atoms with Crippen molar-refractivity contribution >= 4 is 5.91 Å². The molecule has 0 unspecified atom stereocenters. The minimum absolute atomic E-state index is 0.114. The van der Waals surface area contributed by atoms with E-state index in [0.29, 0.717) is 11.6 Å². The van der Waals surface area contributed by atoms with Gasteiger partial charge in [-0.3, -0.25) is 9.59 Å². The van der Waals surface area contributed by atoms with E-state index in [-0.39, 0.29) is 11.5 Å². The molecular formula is C16H21N5O2. The molecule has 0 radical (unpaired) electrons. The predicted molar refractivity (Wildman–Crippen MR) is 85.1 cm³/mol. The summed E-state index contributed by atoms with van der Waals surface area (Å²) in [5, 5.41) is 6.12. The summed E-state index contributed by atoms with van der Waals surface area (Å²) in [6.07, 6.45) is 6.75. The highest BCUT2D eigenvalue weighted by atomic mass is 16.2. The molecular weight excluding hydrogens is 294 g/mol. The number of amides is 1. The number of carbonyl (C=O) groups excluding carboxylic acids is 1. The first-order valence-electron chi connectivity index (χ1n) is 8.02. The minimum Gasteiger partial charge on any atom is -0.337 e. The van der Waals surface area contributed by atoms with Gasteiger partial charge in [-0.1, -0.05) is 6.92 Å². The van der Waals surface area contributed by atoms with Crippen LogP contribution in [0, 0.1) is 5.92 Å². The van der Waals surface area contributed by atoms with E-state index < -0.39 is 0 Å². The van der Waals surface area contributed by atoms with Crippen LogP contribution in [0.25, 0.3) is 0 Å². The SMILES string of the molecule is CCc1nccn1CC1CCN(C(=O)c2ccc(=O)[nH]n2)CC1. The van der Waals surface area contributed by atoms with E-state index in [2.05, 4.69) is 26.7 Å². The third kappa shape index (κ3) is 3.49. The van der Waals surface area contributed by atoms with Crippen LogP contribution in [0.4, 0.5) is 0 Å². The Morgan fingerprint density at radius 2 is 2.13 bits per heavy atom. The molecule has 1 fully saturated rings. The Labute approximate surface area is 134 Å². The first-order chi connectivity index (χ1) is 11.2. The molecule has 0 aliphatic carbocycles. The maximum atomic E-state index is 12.4. The van der Waals surface area contributed by atoms with Crippen LogP contribution in [0.3, 0.4) is 0 Å². The molecule has 122 valence electrons. The summed E-state index contributed by atoms with van der Waals surface area (Å²) in [6.45, 7) is 4.51. The van der Waals surface area contributed by atoms with E-state index in [1.807, 2.05) is 17.3 Å². The molecule has 0 bridgehead atoms. The lowest BCUT2D eigenvalue weighted by molar-refractivity contribution is 0.0675. The van der Waals surface area contributed by atoms with E-state index in [1.54, 1.807) is 0 Å². The molecule has 2 aromatic rings. The number of nitrogens with one attached hydrogen (secondary N) is 1. The van der Waals surface area contributed by atoms with Crippen LogP contribution in [0.1, 0.15) is 36.1 Å². The number of hydrogen-bond donors (Lipinski definition) is 1. The molecule has 3 heterocycles. The highest BCUT2D eigenvalue weighted by molar-refractivity contribution is 5.92. The number of carbonyl (C=O) groups is 1.